The molecule has 2 rings (SSSR count). The van der Waals surface area contributed by atoms with Crippen molar-refractivity contribution in [2.75, 3.05) is 6.61 Å². The molecule has 0 radical (unpaired) electrons. The highest BCUT2D eigenvalue weighted by Gasteiger charge is 2.29. The monoisotopic (exact) mass is 303 g/mol. The number of Topliss-reactive ketones (excluding diaryl/α,β-unsaturated/α-hetero) is 1. The van der Waals surface area contributed by atoms with Crippen LogP contribution >= 0.6 is 0 Å². The largest absolute Gasteiger partial charge is 0.475 e. The van der Waals surface area contributed by atoms with Crippen molar-refractivity contribution in [3.8, 4) is 0 Å². The molecule has 1 heterocycles. The summed E-state index contributed by atoms with van der Waals surface area (Å²) in [6.45, 7) is 11.5. The van der Waals surface area contributed by atoms with Crippen LogP contribution in [0.4, 0.5) is 0 Å². The molecule has 0 saturated carbocycles. The molecule has 1 aromatic rings. The Morgan fingerprint density at radius 3 is 2.52 bits per heavy atom. The lowest BCUT2D eigenvalue weighted by molar-refractivity contribution is 0.0987. The molecule has 0 bridgehead atoms. The maximum atomic E-state index is 12.5. The van der Waals surface area contributed by atoms with Crippen molar-refractivity contribution in [1.82, 2.24) is 0 Å². The van der Waals surface area contributed by atoms with E-state index in [-0.39, 0.29) is 11.3 Å². The Morgan fingerprint density at radius 2 is 1.95 bits per heavy atom. The molecule has 0 aromatic heterocycles. The van der Waals surface area contributed by atoms with Gasteiger partial charge in [0.25, 0.3) is 0 Å². The van der Waals surface area contributed by atoms with Gasteiger partial charge in [0.2, 0.25) is 5.90 Å². The van der Waals surface area contributed by atoms with Gasteiger partial charge in [0.05, 0.1) is 5.54 Å². The number of ether oxygens (including phenoxy) is 1. The van der Waals surface area contributed by atoms with E-state index >= 15 is 0 Å². The maximum absolute atomic E-state index is 12.5. The van der Waals surface area contributed by atoms with Crippen LogP contribution in [-0.2, 0) is 4.74 Å². The van der Waals surface area contributed by atoms with Crippen molar-refractivity contribution < 1.29 is 9.53 Å². The van der Waals surface area contributed by atoms with E-state index < -0.39 is 8.07 Å². The summed E-state index contributed by atoms with van der Waals surface area (Å²) in [5.74, 6) is 0.806. The molecule has 1 aliphatic rings. The Balaban J connectivity index is 2.24. The number of carbonyl (C=O) groups excluding carboxylic acids is 1. The highest BCUT2D eigenvalue weighted by molar-refractivity contribution is 6.76. The first-order valence-electron chi connectivity index (χ1n) is 7.53. The minimum atomic E-state index is -1.21. The van der Waals surface area contributed by atoms with Crippen LogP contribution in [0, 0.1) is 0 Å². The SMILES string of the molecule is CC1(C)COC(c2ccccc2C(=O)CC[Si](C)(C)C)=N1. The fraction of sp³-hybridized carbons (Fsp3) is 0.529. The summed E-state index contributed by atoms with van der Waals surface area (Å²) in [6.07, 6.45) is 0.614. The number of aliphatic imine (C=N–C) groups is 1. The van der Waals surface area contributed by atoms with Gasteiger partial charge >= 0.3 is 0 Å². The molecule has 3 nitrogen and oxygen atoms in total. The highest BCUT2D eigenvalue weighted by Crippen LogP contribution is 2.24. The summed E-state index contributed by atoms with van der Waals surface area (Å²) in [4.78, 5) is 17.1. The van der Waals surface area contributed by atoms with Crippen LogP contribution in [0.5, 0.6) is 0 Å². The molecule has 0 amide bonds. The van der Waals surface area contributed by atoms with Crippen molar-refractivity contribution in [2.45, 2.75) is 51.5 Å². The second-order valence-corrected chi connectivity index (χ2v) is 13.2. The van der Waals surface area contributed by atoms with Crippen LogP contribution in [0.15, 0.2) is 29.3 Å². The molecule has 0 atom stereocenters. The zero-order chi connectivity index (χ0) is 15.7. The van der Waals surface area contributed by atoms with Crippen LogP contribution in [-0.4, -0.2) is 31.9 Å². The predicted octanol–water partition coefficient (Wildman–Crippen LogP) is 4.15. The third kappa shape index (κ3) is 4.27. The van der Waals surface area contributed by atoms with Crippen LogP contribution in [0.1, 0.15) is 36.2 Å². The first-order valence-corrected chi connectivity index (χ1v) is 11.2. The second kappa shape index (κ2) is 5.76. The van der Waals surface area contributed by atoms with E-state index in [4.69, 9.17) is 4.74 Å². The molecular weight excluding hydrogens is 278 g/mol. The molecule has 21 heavy (non-hydrogen) atoms. The van der Waals surface area contributed by atoms with Gasteiger partial charge < -0.3 is 4.74 Å². The van der Waals surface area contributed by atoms with Crippen molar-refractivity contribution in [1.29, 1.82) is 0 Å². The Labute approximate surface area is 128 Å². The lowest BCUT2D eigenvalue weighted by atomic mass is 10.0. The smallest absolute Gasteiger partial charge is 0.217 e. The predicted molar refractivity (Wildman–Crippen MR) is 90.1 cm³/mol. The highest BCUT2D eigenvalue weighted by atomic mass is 28.3. The lowest BCUT2D eigenvalue weighted by Gasteiger charge is -2.15. The number of ketones is 1. The average Bonchev–Trinajstić information content (AvgIpc) is 2.75. The first-order chi connectivity index (χ1) is 9.68. The van der Waals surface area contributed by atoms with E-state index in [2.05, 4.69) is 24.6 Å². The van der Waals surface area contributed by atoms with Crippen molar-refractivity contribution in [3.63, 3.8) is 0 Å². The lowest BCUT2D eigenvalue weighted by Crippen LogP contribution is -2.21. The minimum Gasteiger partial charge on any atom is -0.475 e. The summed E-state index contributed by atoms with van der Waals surface area (Å²) in [5, 5.41) is 0. The number of hydrogen-bond donors (Lipinski definition) is 0. The maximum Gasteiger partial charge on any atom is 0.217 e. The third-order valence-electron chi connectivity index (χ3n) is 3.53. The van der Waals surface area contributed by atoms with Gasteiger partial charge in [0.15, 0.2) is 5.78 Å². The van der Waals surface area contributed by atoms with E-state index in [1.165, 1.54) is 0 Å². The Morgan fingerprint density at radius 1 is 1.29 bits per heavy atom. The number of nitrogens with zero attached hydrogens (tertiary/aromatic N) is 1. The summed E-state index contributed by atoms with van der Waals surface area (Å²) in [5.41, 5.74) is 1.37. The molecule has 4 heteroatoms. The van der Waals surface area contributed by atoms with E-state index in [9.17, 15) is 4.79 Å². The molecule has 0 aliphatic carbocycles. The fourth-order valence-electron chi connectivity index (χ4n) is 2.26. The molecule has 0 saturated heterocycles. The van der Waals surface area contributed by atoms with Gasteiger partial charge in [-0.15, -0.1) is 0 Å². The molecule has 1 aliphatic heterocycles. The van der Waals surface area contributed by atoms with E-state index in [1.807, 2.05) is 38.1 Å². The summed E-state index contributed by atoms with van der Waals surface area (Å²) >= 11 is 0. The summed E-state index contributed by atoms with van der Waals surface area (Å²) in [7, 11) is -1.21. The zero-order valence-corrected chi connectivity index (χ0v) is 14.7. The minimum absolute atomic E-state index is 0.198. The number of benzene rings is 1. The molecule has 0 fully saturated rings. The number of carbonyl (C=O) groups is 1. The quantitative estimate of drug-likeness (QED) is 0.605. The van der Waals surface area contributed by atoms with Crippen molar-refractivity contribution >= 4 is 19.8 Å². The summed E-state index contributed by atoms with van der Waals surface area (Å²) in [6, 6.07) is 8.67. The molecular formula is C17H25NO2Si. The van der Waals surface area contributed by atoms with Crippen molar-refractivity contribution in [2.24, 2.45) is 4.99 Å². The molecule has 0 spiro atoms. The van der Waals surface area contributed by atoms with E-state index in [0.717, 1.165) is 17.2 Å². The van der Waals surface area contributed by atoms with Gasteiger partial charge in [-0.05, 0) is 19.9 Å². The Hall–Kier alpha value is -1.42. The number of hydrogen-bond acceptors (Lipinski definition) is 3. The molecule has 114 valence electrons. The van der Waals surface area contributed by atoms with Crippen LogP contribution in [0.25, 0.3) is 0 Å². The Kier molecular flexibility index (Phi) is 4.37. The normalized spacial score (nSPS) is 17.3. The van der Waals surface area contributed by atoms with Crippen LogP contribution < -0.4 is 0 Å². The Bertz CT molecular complexity index is 570. The van der Waals surface area contributed by atoms with Gasteiger partial charge in [0.1, 0.15) is 6.61 Å². The average molecular weight is 303 g/mol. The van der Waals surface area contributed by atoms with Gasteiger partial charge in [0, 0.05) is 25.6 Å². The fourth-order valence-corrected chi connectivity index (χ4v) is 3.24. The standard InChI is InChI=1S/C17H25NO2Si/c1-17(2)12-20-16(18-17)14-9-7-6-8-13(14)15(19)10-11-21(3,4)5/h6-9H,10-12H2,1-5H3. The van der Waals surface area contributed by atoms with Crippen molar-refractivity contribution in [3.05, 3.63) is 35.4 Å². The topological polar surface area (TPSA) is 38.7 Å². The van der Waals surface area contributed by atoms with Gasteiger partial charge in [-0.2, -0.15) is 0 Å². The van der Waals surface area contributed by atoms with Crippen LogP contribution in [0.2, 0.25) is 25.7 Å². The first kappa shape index (κ1) is 16.0. The molecule has 0 N–H and O–H groups in total. The molecule has 0 unspecified atom stereocenters. The second-order valence-electron chi connectivity index (χ2n) is 7.55. The molecule has 1 aromatic carbocycles. The van der Waals surface area contributed by atoms with E-state index in [1.54, 1.807) is 0 Å². The zero-order valence-electron chi connectivity index (χ0n) is 13.7. The van der Waals surface area contributed by atoms with Crippen LogP contribution in [0.3, 0.4) is 0 Å². The third-order valence-corrected chi connectivity index (χ3v) is 5.28. The van der Waals surface area contributed by atoms with Gasteiger partial charge in [-0.25, -0.2) is 4.99 Å². The van der Waals surface area contributed by atoms with Gasteiger partial charge in [-0.3, -0.25) is 4.79 Å². The van der Waals surface area contributed by atoms with Gasteiger partial charge in [-0.1, -0.05) is 43.9 Å². The number of rotatable bonds is 5. The summed E-state index contributed by atoms with van der Waals surface area (Å²) < 4.78 is 5.70. The van der Waals surface area contributed by atoms with E-state index in [0.29, 0.717) is 18.9 Å².